The van der Waals surface area contributed by atoms with Crippen molar-refractivity contribution < 1.29 is 14.0 Å². The number of likely N-dealkylation sites (tertiary alicyclic amines) is 1. The molecule has 136 valence electrons. The number of halogens is 1. The van der Waals surface area contributed by atoms with Gasteiger partial charge < -0.3 is 9.80 Å². The molecule has 2 aromatic rings. The van der Waals surface area contributed by atoms with Gasteiger partial charge in [-0.15, -0.1) is 0 Å². The van der Waals surface area contributed by atoms with Crippen LogP contribution in [0.5, 0.6) is 0 Å². The zero-order chi connectivity index (χ0) is 18.5. The number of rotatable bonds is 2. The molecule has 7 heteroatoms. The lowest BCUT2D eigenvalue weighted by atomic mass is 9.81. The maximum Gasteiger partial charge on any atom is 0.233 e. The molecular formula is C19H20FN3O2S. The van der Waals surface area contributed by atoms with Crippen molar-refractivity contribution in [1.82, 2.24) is 9.88 Å². The largest absolute Gasteiger partial charge is 0.342 e. The van der Waals surface area contributed by atoms with Gasteiger partial charge in [0, 0.05) is 37.7 Å². The smallest absolute Gasteiger partial charge is 0.233 e. The van der Waals surface area contributed by atoms with Crippen LogP contribution in [0.15, 0.2) is 24.4 Å². The standard InChI is InChI=1S/C19H20FN3O2S/c1-12-3-4-15-14(7-12)19(5-6-22(10-19)13(2)24)11-23(15)18(25)8-17-21-9-16(20)26-17/h3-4,7,9H,5-6,8,10-11H2,1-2H3. The summed E-state index contributed by atoms with van der Waals surface area (Å²) in [5.41, 5.74) is 2.97. The first-order chi connectivity index (χ1) is 12.4. The third kappa shape index (κ3) is 2.80. The third-order valence-electron chi connectivity index (χ3n) is 5.40. The van der Waals surface area contributed by atoms with E-state index in [2.05, 4.69) is 11.1 Å². The highest BCUT2D eigenvalue weighted by Gasteiger charge is 2.49. The first kappa shape index (κ1) is 17.1. The molecule has 1 saturated heterocycles. The van der Waals surface area contributed by atoms with E-state index >= 15 is 0 Å². The second kappa shape index (κ2) is 6.16. The quantitative estimate of drug-likeness (QED) is 0.813. The molecule has 5 nitrogen and oxygen atoms in total. The average Bonchev–Trinajstić information content (AvgIpc) is 3.27. The number of fused-ring (bicyclic) bond motifs is 2. The fourth-order valence-corrected chi connectivity index (χ4v) is 4.72. The number of amides is 2. The molecule has 2 aliphatic rings. The van der Waals surface area contributed by atoms with Crippen LogP contribution < -0.4 is 4.90 Å². The number of hydrogen-bond donors (Lipinski definition) is 0. The molecule has 2 amide bonds. The minimum Gasteiger partial charge on any atom is -0.342 e. The lowest BCUT2D eigenvalue weighted by Crippen LogP contribution is -2.40. The van der Waals surface area contributed by atoms with E-state index in [9.17, 15) is 14.0 Å². The number of aromatic nitrogens is 1. The molecule has 1 spiro atoms. The van der Waals surface area contributed by atoms with Gasteiger partial charge in [0.15, 0.2) is 5.13 Å². The fraction of sp³-hybridized carbons (Fsp3) is 0.421. The van der Waals surface area contributed by atoms with Crippen molar-refractivity contribution in [2.75, 3.05) is 24.5 Å². The summed E-state index contributed by atoms with van der Waals surface area (Å²) < 4.78 is 13.2. The summed E-state index contributed by atoms with van der Waals surface area (Å²) >= 11 is 0.908. The number of carbonyl (C=O) groups is 2. The first-order valence-electron chi connectivity index (χ1n) is 8.65. The molecule has 1 atom stereocenters. The van der Waals surface area contributed by atoms with E-state index in [1.165, 1.54) is 0 Å². The van der Waals surface area contributed by atoms with Crippen LogP contribution in [-0.4, -0.2) is 41.3 Å². The van der Waals surface area contributed by atoms with Crippen molar-refractivity contribution in [3.8, 4) is 0 Å². The Kier molecular flexibility index (Phi) is 4.06. The molecule has 3 heterocycles. The molecule has 1 unspecified atom stereocenters. The predicted molar refractivity (Wildman–Crippen MR) is 97.9 cm³/mol. The third-order valence-corrected chi connectivity index (χ3v) is 6.19. The Morgan fingerprint density at radius 2 is 2.15 bits per heavy atom. The van der Waals surface area contributed by atoms with Crippen molar-refractivity contribution in [2.45, 2.75) is 32.1 Å². The van der Waals surface area contributed by atoms with Gasteiger partial charge in [-0.3, -0.25) is 9.59 Å². The van der Waals surface area contributed by atoms with E-state index in [0.29, 0.717) is 24.6 Å². The van der Waals surface area contributed by atoms with Crippen molar-refractivity contribution in [1.29, 1.82) is 0 Å². The summed E-state index contributed by atoms with van der Waals surface area (Å²) in [5, 5.41) is 0.105. The van der Waals surface area contributed by atoms with Crippen molar-refractivity contribution >= 4 is 28.8 Å². The number of carbonyl (C=O) groups excluding carboxylic acids is 2. The van der Waals surface area contributed by atoms with Crippen LogP contribution in [0.25, 0.3) is 0 Å². The summed E-state index contributed by atoms with van der Waals surface area (Å²) in [6, 6.07) is 6.12. The molecule has 1 aromatic carbocycles. The minimum absolute atomic E-state index is 0.0686. The first-order valence-corrected chi connectivity index (χ1v) is 9.47. The number of aryl methyl sites for hydroxylation is 1. The van der Waals surface area contributed by atoms with Gasteiger partial charge >= 0.3 is 0 Å². The summed E-state index contributed by atoms with van der Waals surface area (Å²) in [7, 11) is 0. The lowest BCUT2D eigenvalue weighted by molar-refractivity contribution is -0.127. The van der Waals surface area contributed by atoms with Gasteiger partial charge in [-0.05, 0) is 25.0 Å². The normalized spacial score (nSPS) is 21.5. The highest BCUT2D eigenvalue weighted by Crippen LogP contribution is 2.47. The topological polar surface area (TPSA) is 53.5 Å². The maximum atomic E-state index is 13.2. The molecule has 1 aromatic heterocycles. The fourth-order valence-electron chi connectivity index (χ4n) is 4.09. The van der Waals surface area contributed by atoms with E-state index in [0.717, 1.165) is 40.8 Å². The molecule has 2 aliphatic heterocycles. The molecule has 26 heavy (non-hydrogen) atoms. The second-order valence-corrected chi connectivity index (χ2v) is 8.27. The van der Waals surface area contributed by atoms with Crippen LogP contribution in [0.3, 0.4) is 0 Å². The Morgan fingerprint density at radius 3 is 2.81 bits per heavy atom. The zero-order valence-corrected chi connectivity index (χ0v) is 15.6. The van der Waals surface area contributed by atoms with E-state index < -0.39 is 0 Å². The Balaban J connectivity index is 1.66. The van der Waals surface area contributed by atoms with E-state index in [-0.39, 0.29) is 28.8 Å². The molecule has 0 aliphatic carbocycles. The monoisotopic (exact) mass is 373 g/mol. The number of anilines is 1. The van der Waals surface area contributed by atoms with Gasteiger partial charge in [-0.25, -0.2) is 4.98 Å². The van der Waals surface area contributed by atoms with Crippen LogP contribution in [0.2, 0.25) is 0 Å². The molecule has 4 rings (SSSR count). The number of nitrogens with zero attached hydrogens (tertiary/aromatic N) is 3. The number of benzene rings is 1. The molecule has 0 bridgehead atoms. The van der Waals surface area contributed by atoms with Crippen LogP contribution >= 0.6 is 11.3 Å². The molecule has 0 radical (unpaired) electrons. The Hall–Kier alpha value is -2.28. The Bertz CT molecular complexity index is 897. The van der Waals surface area contributed by atoms with E-state index in [1.54, 1.807) is 11.8 Å². The molecular weight excluding hydrogens is 353 g/mol. The second-order valence-electron chi connectivity index (χ2n) is 7.21. The number of thiazole rings is 1. The Morgan fingerprint density at radius 1 is 1.35 bits per heavy atom. The Labute approximate surface area is 155 Å². The summed E-state index contributed by atoms with van der Waals surface area (Å²) in [6.45, 7) is 5.53. The number of hydrogen-bond acceptors (Lipinski definition) is 4. The summed E-state index contributed by atoms with van der Waals surface area (Å²) in [6.07, 6.45) is 2.09. The van der Waals surface area contributed by atoms with Gasteiger partial charge in [0.05, 0.1) is 12.6 Å². The maximum absolute atomic E-state index is 13.2. The van der Waals surface area contributed by atoms with Gasteiger partial charge in [-0.1, -0.05) is 29.0 Å². The SMILES string of the molecule is CC(=O)N1CCC2(C1)CN(C(=O)Cc1ncc(F)s1)c1ccc(C)cc12. The van der Waals surface area contributed by atoms with Crippen molar-refractivity contribution in [2.24, 2.45) is 0 Å². The van der Waals surface area contributed by atoms with Gasteiger partial charge in [0.1, 0.15) is 5.01 Å². The van der Waals surface area contributed by atoms with E-state index in [1.807, 2.05) is 24.0 Å². The van der Waals surface area contributed by atoms with Crippen LogP contribution in [0.1, 0.15) is 29.5 Å². The molecule has 0 saturated carbocycles. The van der Waals surface area contributed by atoms with Crippen molar-refractivity contribution in [3.05, 3.63) is 45.7 Å². The average molecular weight is 373 g/mol. The summed E-state index contributed by atoms with van der Waals surface area (Å²) in [4.78, 5) is 32.4. The van der Waals surface area contributed by atoms with Crippen LogP contribution in [0.4, 0.5) is 10.1 Å². The minimum atomic E-state index is -0.380. The highest BCUT2D eigenvalue weighted by molar-refractivity contribution is 7.10. The zero-order valence-electron chi connectivity index (χ0n) is 14.8. The van der Waals surface area contributed by atoms with Crippen LogP contribution in [0, 0.1) is 12.1 Å². The lowest BCUT2D eigenvalue weighted by Gasteiger charge is -2.25. The van der Waals surface area contributed by atoms with Crippen molar-refractivity contribution in [3.63, 3.8) is 0 Å². The predicted octanol–water partition coefficient (Wildman–Crippen LogP) is 2.67. The van der Waals surface area contributed by atoms with Gasteiger partial charge in [-0.2, -0.15) is 4.39 Å². The summed E-state index contributed by atoms with van der Waals surface area (Å²) in [5.74, 6) is -0.0123. The van der Waals surface area contributed by atoms with Crippen LogP contribution in [-0.2, 0) is 21.4 Å². The van der Waals surface area contributed by atoms with Gasteiger partial charge in [0.2, 0.25) is 11.8 Å². The van der Waals surface area contributed by atoms with E-state index in [4.69, 9.17) is 0 Å². The van der Waals surface area contributed by atoms with Gasteiger partial charge in [0.25, 0.3) is 0 Å². The highest BCUT2D eigenvalue weighted by atomic mass is 32.1. The molecule has 1 fully saturated rings. The molecule has 0 N–H and O–H groups in total.